The molecule has 1 saturated heterocycles. The number of benzene rings is 1. The van der Waals surface area contributed by atoms with Gasteiger partial charge in [0.1, 0.15) is 17.5 Å². The molecule has 3 heterocycles. The van der Waals surface area contributed by atoms with Crippen molar-refractivity contribution < 1.29 is 4.79 Å². The summed E-state index contributed by atoms with van der Waals surface area (Å²) < 4.78 is 0. The van der Waals surface area contributed by atoms with Crippen molar-refractivity contribution in [2.75, 3.05) is 18.0 Å². The number of anilines is 1. The number of hydrogen-bond donors (Lipinski definition) is 3. The molecule has 2 aromatic heterocycles. The number of carbonyl (C=O) groups is 1. The van der Waals surface area contributed by atoms with Gasteiger partial charge in [-0.2, -0.15) is 5.10 Å². The molecule has 1 aliphatic heterocycles. The fourth-order valence-electron chi connectivity index (χ4n) is 3.57. The van der Waals surface area contributed by atoms with Gasteiger partial charge < -0.3 is 16.0 Å². The molecule has 152 valence electrons. The second-order valence-electron chi connectivity index (χ2n) is 7.33. The number of rotatable bonds is 4. The third kappa shape index (κ3) is 3.88. The number of nitrogens with one attached hydrogen (secondary N) is 2. The van der Waals surface area contributed by atoms with E-state index < -0.39 is 5.54 Å². The number of nitrogens with two attached hydrogens (primary N) is 1. The molecule has 4 N–H and O–H groups in total. The molecule has 8 nitrogen and oxygen atoms in total. The molecule has 3 aromatic rings. The molecular weight excluding hydrogens is 413 g/mol. The van der Waals surface area contributed by atoms with Crippen LogP contribution in [0.5, 0.6) is 0 Å². The topological polar surface area (TPSA) is 113 Å². The van der Waals surface area contributed by atoms with Gasteiger partial charge >= 0.3 is 0 Å². The van der Waals surface area contributed by atoms with E-state index in [4.69, 9.17) is 28.9 Å². The normalized spacial score (nSPS) is 17.3. The quantitative estimate of drug-likeness (QED) is 0.582. The Morgan fingerprint density at radius 3 is 2.62 bits per heavy atom. The second-order valence-corrected chi connectivity index (χ2v) is 8.12. The minimum Gasteiger partial charge on any atom is -0.356 e. The monoisotopic (exact) mass is 433 g/mol. The SMILES string of the molecule is C[C@H](NC(=O)C1(N)CCN(c2ncnc3[nH]nc(Cl)c23)CC1)c1ccc(Cl)cc1. The first-order valence-electron chi connectivity index (χ1n) is 9.32. The first-order valence-corrected chi connectivity index (χ1v) is 10.1. The highest BCUT2D eigenvalue weighted by Gasteiger charge is 2.39. The molecule has 0 unspecified atom stereocenters. The maximum absolute atomic E-state index is 12.9. The lowest BCUT2D eigenvalue weighted by molar-refractivity contribution is -0.127. The van der Waals surface area contributed by atoms with E-state index in [0.29, 0.717) is 53.0 Å². The van der Waals surface area contributed by atoms with Crippen molar-refractivity contribution in [3.63, 3.8) is 0 Å². The van der Waals surface area contributed by atoms with E-state index in [2.05, 4.69) is 30.4 Å². The van der Waals surface area contributed by atoms with Crippen LogP contribution in [0.15, 0.2) is 30.6 Å². The van der Waals surface area contributed by atoms with Gasteiger partial charge in [0.05, 0.1) is 11.6 Å². The molecule has 0 aliphatic carbocycles. The van der Waals surface area contributed by atoms with Gasteiger partial charge in [-0.1, -0.05) is 35.3 Å². The van der Waals surface area contributed by atoms with Gasteiger partial charge in [-0.15, -0.1) is 0 Å². The lowest BCUT2D eigenvalue weighted by Crippen LogP contribution is -2.60. The Hall–Kier alpha value is -2.42. The largest absolute Gasteiger partial charge is 0.356 e. The Balaban J connectivity index is 1.44. The van der Waals surface area contributed by atoms with Crippen molar-refractivity contribution in [3.05, 3.63) is 46.3 Å². The van der Waals surface area contributed by atoms with E-state index in [9.17, 15) is 4.79 Å². The third-order valence-corrected chi connectivity index (χ3v) is 5.94. The van der Waals surface area contributed by atoms with E-state index in [1.165, 1.54) is 6.33 Å². The Bertz CT molecular complexity index is 1030. The predicted molar refractivity (Wildman–Crippen MR) is 113 cm³/mol. The van der Waals surface area contributed by atoms with Gasteiger partial charge in [0.2, 0.25) is 5.91 Å². The summed E-state index contributed by atoms with van der Waals surface area (Å²) >= 11 is 12.1. The number of aromatic nitrogens is 4. The standard InChI is InChI=1S/C19H21Cl2N7O/c1-11(12-2-4-13(20)5-3-12)25-18(29)19(22)6-8-28(9-7-19)17-14-15(21)26-27-16(14)23-10-24-17/h2-5,10-11H,6-9,22H2,1H3,(H,25,29)(H,23,24,26,27)/t11-/m0/s1. The zero-order valence-corrected chi connectivity index (χ0v) is 17.3. The van der Waals surface area contributed by atoms with E-state index in [-0.39, 0.29) is 11.9 Å². The summed E-state index contributed by atoms with van der Waals surface area (Å²) in [6.45, 7) is 3.08. The van der Waals surface area contributed by atoms with Gasteiger partial charge in [0, 0.05) is 18.1 Å². The summed E-state index contributed by atoms with van der Waals surface area (Å²) in [5, 5.41) is 11.5. The molecule has 1 aromatic carbocycles. The molecule has 10 heteroatoms. The number of carbonyl (C=O) groups excluding carboxylic acids is 1. The summed E-state index contributed by atoms with van der Waals surface area (Å²) in [6, 6.07) is 7.24. The lowest BCUT2D eigenvalue weighted by atomic mass is 9.87. The number of piperidine rings is 1. The Kier molecular flexibility index (Phi) is 5.33. The fraction of sp³-hybridized carbons (Fsp3) is 0.368. The maximum atomic E-state index is 12.9. The maximum Gasteiger partial charge on any atom is 0.240 e. The Labute approximate surface area is 177 Å². The van der Waals surface area contributed by atoms with Gasteiger partial charge in [0.15, 0.2) is 10.8 Å². The van der Waals surface area contributed by atoms with Crippen LogP contribution in [0.2, 0.25) is 10.2 Å². The van der Waals surface area contributed by atoms with Crippen LogP contribution in [0.25, 0.3) is 11.0 Å². The van der Waals surface area contributed by atoms with Crippen molar-refractivity contribution in [2.24, 2.45) is 5.73 Å². The highest BCUT2D eigenvalue weighted by molar-refractivity contribution is 6.35. The van der Waals surface area contributed by atoms with Crippen molar-refractivity contribution in [1.82, 2.24) is 25.5 Å². The van der Waals surface area contributed by atoms with E-state index in [1.54, 1.807) is 12.1 Å². The first-order chi connectivity index (χ1) is 13.9. The van der Waals surface area contributed by atoms with Gasteiger partial charge in [-0.05, 0) is 37.5 Å². The predicted octanol–water partition coefficient (Wildman–Crippen LogP) is 2.83. The fourth-order valence-corrected chi connectivity index (χ4v) is 3.91. The summed E-state index contributed by atoms with van der Waals surface area (Å²) in [6.07, 6.45) is 2.46. The second kappa shape index (κ2) is 7.78. The van der Waals surface area contributed by atoms with E-state index in [0.717, 1.165) is 5.56 Å². The van der Waals surface area contributed by atoms with Crippen molar-refractivity contribution in [1.29, 1.82) is 0 Å². The van der Waals surface area contributed by atoms with Crippen LogP contribution in [-0.4, -0.2) is 44.7 Å². The van der Waals surface area contributed by atoms with Crippen molar-refractivity contribution in [3.8, 4) is 0 Å². The average molecular weight is 434 g/mol. The van der Waals surface area contributed by atoms with Crippen molar-refractivity contribution >= 4 is 46.0 Å². The number of fused-ring (bicyclic) bond motifs is 1. The van der Waals surface area contributed by atoms with Crippen LogP contribution >= 0.6 is 23.2 Å². The highest BCUT2D eigenvalue weighted by atomic mass is 35.5. The number of H-pyrrole nitrogens is 1. The molecule has 0 saturated carbocycles. The van der Waals surface area contributed by atoms with Crippen LogP contribution < -0.4 is 16.0 Å². The Morgan fingerprint density at radius 1 is 1.24 bits per heavy atom. The molecule has 29 heavy (non-hydrogen) atoms. The molecule has 1 fully saturated rings. The number of nitrogens with zero attached hydrogens (tertiary/aromatic N) is 4. The highest BCUT2D eigenvalue weighted by Crippen LogP contribution is 2.31. The molecule has 0 spiro atoms. The van der Waals surface area contributed by atoms with Crippen LogP contribution in [0.3, 0.4) is 0 Å². The first kappa shape index (κ1) is 19.9. The molecule has 0 radical (unpaired) electrons. The smallest absolute Gasteiger partial charge is 0.240 e. The van der Waals surface area contributed by atoms with E-state index in [1.807, 2.05) is 19.1 Å². The number of amides is 1. The van der Waals surface area contributed by atoms with Crippen LogP contribution in [-0.2, 0) is 4.79 Å². The van der Waals surface area contributed by atoms with Gasteiger partial charge in [-0.25, -0.2) is 9.97 Å². The Morgan fingerprint density at radius 2 is 1.93 bits per heavy atom. The zero-order chi connectivity index (χ0) is 20.6. The minimum atomic E-state index is -0.941. The summed E-state index contributed by atoms with van der Waals surface area (Å²) in [5.41, 5.74) is 7.09. The number of halogens is 2. The average Bonchev–Trinajstić information content (AvgIpc) is 3.10. The van der Waals surface area contributed by atoms with Crippen LogP contribution in [0.4, 0.5) is 5.82 Å². The summed E-state index contributed by atoms with van der Waals surface area (Å²) in [5.74, 6) is 0.541. The van der Waals surface area contributed by atoms with Crippen LogP contribution in [0, 0.1) is 0 Å². The zero-order valence-electron chi connectivity index (χ0n) is 15.8. The van der Waals surface area contributed by atoms with Crippen LogP contribution in [0.1, 0.15) is 31.4 Å². The summed E-state index contributed by atoms with van der Waals surface area (Å²) in [7, 11) is 0. The molecule has 1 atom stereocenters. The van der Waals surface area contributed by atoms with E-state index >= 15 is 0 Å². The molecular formula is C19H21Cl2N7O. The lowest BCUT2D eigenvalue weighted by Gasteiger charge is -2.39. The van der Waals surface area contributed by atoms with Gasteiger partial charge in [-0.3, -0.25) is 9.89 Å². The molecule has 1 aliphatic rings. The van der Waals surface area contributed by atoms with Crippen molar-refractivity contribution in [2.45, 2.75) is 31.3 Å². The van der Waals surface area contributed by atoms with Gasteiger partial charge in [0.25, 0.3) is 0 Å². The molecule has 1 amide bonds. The summed E-state index contributed by atoms with van der Waals surface area (Å²) in [4.78, 5) is 23.5. The minimum absolute atomic E-state index is 0.159. The number of hydrogen-bond acceptors (Lipinski definition) is 6. The number of aromatic amines is 1. The third-order valence-electron chi connectivity index (χ3n) is 5.42. The molecule has 0 bridgehead atoms. The molecule has 4 rings (SSSR count).